The van der Waals surface area contributed by atoms with E-state index in [4.69, 9.17) is 13.1 Å². The van der Waals surface area contributed by atoms with E-state index in [0.717, 1.165) is 46.2 Å². The lowest BCUT2D eigenvalue weighted by Crippen LogP contribution is -2.03. The minimum Gasteiger partial charge on any atom is -0.227 e. The van der Waals surface area contributed by atoms with Gasteiger partial charge in [0.15, 0.2) is 0 Å². The molecule has 4 nitrogen and oxygen atoms in total. The molecule has 4 rings (SSSR count). The van der Waals surface area contributed by atoms with Gasteiger partial charge in [0.25, 0.3) is 11.4 Å². The number of fused-ring (bicyclic) bond motifs is 2. The lowest BCUT2D eigenvalue weighted by Gasteiger charge is -2.14. The van der Waals surface area contributed by atoms with Crippen molar-refractivity contribution in [3.63, 3.8) is 0 Å². The van der Waals surface area contributed by atoms with E-state index in [0.29, 0.717) is 11.8 Å². The van der Waals surface area contributed by atoms with Gasteiger partial charge < -0.3 is 0 Å². The Balaban J connectivity index is 1.78. The molecule has 0 aliphatic rings. The zero-order valence-electron chi connectivity index (χ0n) is 26.0. The topological polar surface area (TPSA) is 56.3 Å². The van der Waals surface area contributed by atoms with Crippen LogP contribution in [-0.2, 0) is 12.8 Å². The number of allylic oxidation sites excluding steroid dienone is 2. The first-order valence-electron chi connectivity index (χ1n) is 15.5. The SMILES string of the molecule is [C-]#[N+]/C(C#N)=C\c1c(CC(CC)CCCC)sc2cc(-c3cc4sc(CC(CC)CCCC)c(/C=C(\C#N)[N+]#[C-])c4s3)sc12. The average molecular weight is 655 g/mol. The van der Waals surface area contributed by atoms with E-state index in [1.165, 1.54) is 67.4 Å². The second-order valence-corrected chi connectivity index (χ2v) is 15.6. The van der Waals surface area contributed by atoms with Crippen molar-refractivity contribution in [2.24, 2.45) is 11.8 Å². The zero-order valence-corrected chi connectivity index (χ0v) is 29.2. The van der Waals surface area contributed by atoms with Crippen LogP contribution in [0.1, 0.15) is 99.9 Å². The number of thiophene rings is 4. The first kappa shape index (κ1) is 33.6. The van der Waals surface area contributed by atoms with Gasteiger partial charge in [0.05, 0.1) is 34.7 Å². The number of hydrogen-bond acceptors (Lipinski definition) is 6. The highest BCUT2D eigenvalue weighted by Crippen LogP contribution is 2.49. The Morgan fingerprint density at radius 1 is 0.727 bits per heavy atom. The molecule has 8 heteroatoms. The molecule has 0 amide bonds. The van der Waals surface area contributed by atoms with E-state index in [1.807, 2.05) is 0 Å². The Morgan fingerprint density at radius 2 is 1.14 bits per heavy atom. The predicted octanol–water partition coefficient (Wildman–Crippen LogP) is 13.0. The third-order valence-corrected chi connectivity index (χ3v) is 13.4. The van der Waals surface area contributed by atoms with Crippen molar-refractivity contribution in [3.8, 4) is 21.9 Å². The minimum atomic E-state index is 0.125. The Kier molecular flexibility index (Phi) is 12.4. The van der Waals surface area contributed by atoms with Gasteiger partial charge in [0, 0.05) is 28.9 Å². The molecule has 0 aliphatic heterocycles. The van der Waals surface area contributed by atoms with Crippen molar-refractivity contribution in [1.29, 1.82) is 10.5 Å². The number of nitriles is 2. The minimum absolute atomic E-state index is 0.125. The van der Waals surface area contributed by atoms with Crippen LogP contribution in [0.5, 0.6) is 0 Å². The number of unbranched alkanes of at least 4 members (excludes halogenated alkanes) is 2. The molecule has 4 aromatic rings. The fourth-order valence-corrected chi connectivity index (χ4v) is 11.1. The molecule has 0 bridgehead atoms. The molecule has 0 fully saturated rings. The van der Waals surface area contributed by atoms with Crippen molar-refractivity contribution in [1.82, 2.24) is 0 Å². The fraction of sp³-hybridized carbons (Fsp3) is 0.444. The Morgan fingerprint density at radius 3 is 1.45 bits per heavy atom. The number of nitrogens with zero attached hydrogens (tertiary/aromatic N) is 4. The first-order chi connectivity index (χ1) is 21.4. The van der Waals surface area contributed by atoms with Crippen LogP contribution in [0.4, 0.5) is 0 Å². The largest absolute Gasteiger partial charge is 0.262 e. The van der Waals surface area contributed by atoms with Gasteiger partial charge in [0.1, 0.15) is 0 Å². The summed E-state index contributed by atoms with van der Waals surface area (Å²) in [5, 5.41) is 19.1. The van der Waals surface area contributed by atoms with E-state index < -0.39 is 0 Å². The molecule has 0 saturated carbocycles. The van der Waals surface area contributed by atoms with Crippen LogP contribution in [0.15, 0.2) is 23.5 Å². The van der Waals surface area contributed by atoms with Gasteiger partial charge >= 0.3 is 0 Å². The summed E-state index contributed by atoms with van der Waals surface area (Å²) in [5.74, 6) is 1.20. The van der Waals surface area contributed by atoms with Gasteiger partial charge in [-0.05, 0) is 60.1 Å². The molecular weight excluding hydrogens is 617 g/mol. The number of hydrogen-bond donors (Lipinski definition) is 0. The predicted molar refractivity (Wildman–Crippen MR) is 193 cm³/mol. The van der Waals surface area contributed by atoms with Crippen LogP contribution in [0.3, 0.4) is 0 Å². The molecule has 0 spiro atoms. The Labute approximate surface area is 278 Å². The summed E-state index contributed by atoms with van der Waals surface area (Å²) in [4.78, 5) is 11.9. The quantitative estimate of drug-likeness (QED) is 0.0946. The molecule has 0 radical (unpaired) electrons. The van der Waals surface area contributed by atoms with E-state index in [-0.39, 0.29) is 11.4 Å². The van der Waals surface area contributed by atoms with E-state index >= 15 is 0 Å². The third-order valence-electron chi connectivity index (χ3n) is 8.26. The smallest absolute Gasteiger partial charge is 0.227 e. The summed E-state index contributed by atoms with van der Waals surface area (Å²) >= 11 is 7.09. The van der Waals surface area contributed by atoms with Gasteiger partial charge in [-0.1, -0.05) is 79.1 Å². The van der Waals surface area contributed by atoms with Gasteiger partial charge in [-0.25, -0.2) is 20.2 Å². The summed E-state index contributed by atoms with van der Waals surface area (Å²) in [5.41, 5.74) is 2.34. The molecule has 2 unspecified atom stereocenters. The van der Waals surface area contributed by atoms with E-state index in [9.17, 15) is 10.5 Å². The van der Waals surface area contributed by atoms with Crippen LogP contribution >= 0.6 is 45.3 Å². The summed E-state index contributed by atoms with van der Waals surface area (Å²) in [6.45, 7) is 24.0. The zero-order chi connectivity index (χ0) is 31.6. The third kappa shape index (κ3) is 7.69. The van der Waals surface area contributed by atoms with Crippen LogP contribution in [0.25, 0.3) is 50.4 Å². The first-order valence-corrected chi connectivity index (χ1v) is 18.8. The molecule has 44 heavy (non-hydrogen) atoms. The maximum Gasteiger partial charge on any atom is 0.262 e. The van der Waals surface area contributed by atoms with Crippen LogP contribution in [0.2, 0.25) is 0 Å². The molecule has 0 aliphatic carbocycles. The van der Waals surface area contributed by atoms with Gasteiger partial charge in [-0.3, -0.25) is 0 Å². The maximum absolute atomic E-state index is 9.57. The molecule has 2 atom stereocenters. The van der Waals surface area contributed by atoms with Crippen molar-refractivity contribution in [2.45, 2.75) is 91.9 Å². The fourth-order valence-electron chi connectivity index (χ4n) is 5.61. The normalized spacial score (nSPS) is 13.5. The van der Waals surface area contributed by atoms with Crippen LogP contribution in [-0.4, -0.2) is 0 Å². The molecule has 0 saturated heterocycles. The monoisotopic (exact) mass is 654 g/mol. The van der Waals surface area contributed by atoms with Crippen molar-refractivity contribution in [2.75, 3.05) is 0 Å². The average Bonchev–Trinajstić information content (AvgIpc) is 3.79. The van der Waals surface area contributed by atoms with Crippen LogP contribution < -0.4 is 0 Å². The second-order valence-electron chi connectivity index (χ2n) is 11.2. The second kappa shape index (κ2) is 16.2. The highest BCUT2D eigenvalue weighted by Gasteiger charge is 2.22. The van der Waals surface area contributed by atoms with Crippen molar-refractivity contribution < 1.29 is 0 Å². The van der Waals surface area contributed by atoms with Crippen molar-refractivity contribution >= 4 is 76.3 Å². The van der Waals surface area contributed by atoms with Crippen LogP contribution in [0, 0.1) is 47.6 Å². The number of rotatable bonds is 15. The Hall–Kier alpha value is -3.24. The Bertz CT molecular complexity index is 1660. The standard InChI is InChI=1S/C36H38N4S4/c1-7-11-13-23(9-3)15-29-27(17-25(21-37)39-5)35-33(41-29)19-31(43-35)32-20-34-36(44-32)28(18-26(22-38)40-6)30(42-34)16-24(10-4)14-12-8-2/h17-20,23-24H,7-16H2,1-4H3/b25-17-,26-18+. The summed E-state index contributed by atoms with van der Waals surface area (Å²) in [6.07, 6.45) is 15.0. The molecule has 226 valence electrons. The highest BCUT2D eigenvalue weighted by atomic mass is 32.1. The van der Waals surface area contributed by atoms with Gasteiger partial charge in [-0.2, -0.15) is 0 Å². The van der Waals surface area contributed by atoms with Gasteiger partial charge in [0.2, 0.25) is 0 Å². The van der Waals surface area contributed by atoms with Gasteiger partial charge in [-0.15, -0.1) is 45.3 Å². The molecule has 0 N–H and O–H groups in total. The maximum atomic E-state index is 9.57. The van der Waals surface area contributed by atoms with Crippen molar-refractivity contribution in [3.05, 3.63) is 67.2 Å². The lowest BCUT2D eigenvalue weighted by molar-refractivity contribution is 0.452. The summed E-state index contributed by atoms with van der Waals surface area (Å²) in [6, 6.07) is 8.68. The molecule has 4 aromatic heterocycles. The van der Waals surface area contributed by atoms with E-state index in [2.05, 4.69) is 61.7 Å². The molecule has 4 heterocycles. The lowest BCUT2D eigenvalue weighted by atomic mass is 9.94. The van der Waals surface area contributed by atoms with E-state index in [1.54, 1.807) is 57.5 Å². The molecular formula is C36H38N4S4. The summed E-state index contributed by atoms with van der Waals surface area (Å²) < 4.78 is 4.72. The molecule has 0 aromatic carbocycles. The summed E-state index contributed by atoms with van der Waals surface area (Å²) in [7, 11) is 0. The highest BCUT2D eigenvalue weighted by molar-refractivity contribution is 7.34.